The summed E-state index contributed by atoms with van der Waals surface area (Å²) in [6.45, 7) is 2.60. The Labute approximate surface area is 342 Å². The highest BCUT2D eigenvalue weighted by atomic mass is 31.2. The van der Waals surface area contributed by atoms with Crippen molar-refractivity contribution in [2.45, 2.75) is 244 Å². The number of rotatable bonds is 44. The summed E-state index contributed by atoms with van der Waals surface area (Å²) >= 11 is 0. The molecule has 1 amide bonds. The Morgan fingerprint density at radius 2 is 0.821 bits per heavy atom. The van der Waals surface area contributed by atoms with Crippen LogP contribution in [0.5, 0.6) is 0 Å². The maximum Gasteiger partial charge on any atom is 0.472 e. The van der Waals surface area contributed by atoms with E-state index in [9.17, 15) is 34.1 Å². The van der Waals surface area contributed by atoms with Gasteiger partial charge in [0.15, 0.2) is 6.04 Å². The van der Waals surface area contributed by atoms with Crippen molar-refractivity contribution in [3.05, 3.63) is 0 Å². The second-order valence-electron chi connectivity index (χ2n) is 16.0. The quantitative estimate of drug-likeness (QED) is 0.0264. The Hall–Kier alpha value is -1.52. The van der Waals surface area contributed by atoms with E-state index in [1.54, 1.807) is 0 Å². The lowest BCUT2D eigenvalue weighted by molar-refractivity contribution is -0.147. The van der Waals surface area contributed by atoms with E-state index >= 15 is 0 Å². The molecule has 0 bridgehead atoms. The van der Waals surface area contributed by atoms with Gasteiger partial charge in [-0.3, -0.25) is 18.6 Å². The Kier molecular flexibility index (Phi) is 39.2. The molecule has 0 spiro atoms. The number of carboxylic acids is 1. The molecule has 0 aromatic heterocycles. The predicted octanol–water partition coefficient (Wildman–Crippen LogP) is 11.9. The van der Waals surface area contributed by atoms with E-state index in [1.165, 1.54) is 154 Å². The van der Waals surface area contributed by atoms with Crippen LogP contribution < -0.4 is 5.32 Å². The molecule has 0 aliphatic carbocycles. The molecule has 332 valence electrons. The Morgan fingerprint density at radius 3 is 1.18 bits per heavy atom. The van der Waals surface area contributed by atoms with E-state index in [-0.39, 0.29) is 12.8 Å². The highest BCUT2D eigenvalue weighted by Crippen LogP contribution is 2.43. The average molecular weight is 820 g/mol. The van der Waals surface area contributed by atoms with Crippen molar-refractivity contribution in [1.29, 1.82) is 0 Å². The third-order valence-electron chi connectivity index (χ3n) is 10.4. The number of aliphatic carboxylic acids is 1. The van der Waals surface area contributed by atoms with Gasteiger partial charge >= 0.3 is 19.8 Å². The van der Waals surface area contributed by atoms with E-state index in [0.29, 0.717) is 12.8 Å². The first-order valence-corrected chi connectivity index (χ1v) is 24.6. The SMILES string of the molecule is CCCCCCCCCCCCCCCCCCCCCCCCC(=O)OCC(O)COP(=O)(O)OCC(NC(=O)CCCCCCCCCCCC)C(=O)O. The summed E-state index contributed by atoms with van der Waals surface area (Å²) in [7, 11) is -4.74. The van der Waals surface area contributed by atoms with E-state index in [4.69, 9.17) is 13.8 Å². The molecule has 0 aromatic rings. The first-order valence-electron chi connectivity index (χ1n) is 23.1. The molecule has 0 radical (unpaired) electrons. The Bertz CT molecular complexity index is 968. The number of nitrogens with one attached hydrogen (secondary N) is 1. The van der Waals surface area contributed by atoms with Crippen LogP contribution in [0.3, 0.4) is 0 Å². The lowest BCUT2D eigenvalue weighted by atomic mass is 10.0. The molecule has 3 atom stereocenters. The van der Waals surface area contributed by atoms with Crippen molar-refractivity contribution in [1.82, 2.24) is 5.32 Å². The minimum absolute atomic E-state index is 0.151. The van der Waals surface area contributed by atoms with Crippen LogP contribution in [0, 0.1) is 0 Å². The molecular weight excluding hydrogens is 733 g/mol. The van der Waals surface area contributed by atoms with Gasteiger partial charge in [-0.1, -0.05) is 206 Å². The molecule has 56 heavy (non-hydrogen) atoms. The van der Waals surface area contributed by atoms with Gasteiger partial charge in [-0.25, -0.2) is 9.36 Å². The fourth-order valence-corrected chi connectivity index (χ4v) is 7.56. The molecule has 3 unspecified atom stereocenters. The molecule has 0 aliphatic heterocycles. The summed E-state index contributed by atoms with van der Waals surface area (Å²) in [4.78, 5) is 45.8. The van der Waals surface area contributed by atoms with E-state index in [2.05, 4.69) is 19.2 Å². The molecule has 0 saturated carbocycles. The van der Waals surface area contributed by atoms with Gasteiger partial charge in [0, 0.05) is 12.8 Å². The molecular formula is C44H86NO10P. The number of hydrogen-bond donors (Lipinski definition) is 4. The number of carbonyl (C=O) groups is 3. The number of ether oxygens (including phenoxy) is 1. The highest BCUT2D eigenvalue weighted by molar-refractivity contribution is 7.47. The minimum atomic E-state index is -4.74. The largest absolute Gasteiger partial charge is 0.480 e. The van der Waals surface area contributed by atoms with Crippen molar-refractivity contribution < 1.29 is 47.8 Å². The maximum absolute atomic E-state index is 12.2. The van der Waals surface area contributed by atoms with Crippen molar-refractivity contribution in [3.63, 3.8) is 0 Å². The summed E-state index contributed by atoms with van der Waals surface area (Å²) in [5.41, 5.74) is 0. The monoisotopic (exact) mass is 820 g/mol. The number of amides is 1. The summed E-state index contributed by atoms with van der Waals surface area (Å²) in [5, 5.41) is 21.8. The van der Waals surface area contributed by atoms with Crippen molar-refractivity contribution in [2.75, 3.05) is 19.8 Å². The van der Waals surface area contributed by atoms with Crippen LogP contribution in [0.25, 0.3) is 0 Å². The van der Waals surface area contributed by atoms with Crippen LogP contribution in [-0.4, -0.2) is 64.9 Å². The number of unbranched alkanes of at least 4 members (excludes halogenated alkanes) is 30. The van der Waals surface area contributed by atoms with Gasteiger partial charge in [0.05, 0.1) is 13.2 Å². The van der Waals surface area contributed by atoms with Crippen LogP contribution in [-0.2, 0) is 32.7 Å². The Balaban J connectivity index is 3.75. The molecule has 11 nitrogen and oxygen atoms in total. The van der Waals surface area contributed by atoms with Gasteiger partial charge in [-0.15, -0.1) is 0 Å². The van der Waals surface area contributed by atoms with Gasteiger partial charge < -0.3 is 25.2 Å². The molecule has 0 saturated heterocycles. The highest BCUT2D eigenvalue weighted by Gasteiger charge is 2.28. The number of phosphoric acid groups is 1. The lowest BCUT2D eigenvalue weighted by Gasteiger charge is -2.18. The van der Waals surface area contributed by atoms with Gasteiger partial charge in [0.25, 0.3) is 0 Å². The van der Waals surface area contributed by atoms with Gasteiger partial charge in [-0.05, 0) is 12.8 Å². The number of carboxylic acid groups (broad SMARTS) is 1. The first-order chi connectivity index (χ1) is 27.1. The number of aliphatic hydroxyl groups excluding tert-OH is 1. The summed E-state index contributed by atoms with van der Waals surface area (Å²) in [5.74, 6) is -2.36. The predicted molar refractivity (Wildman–Crippen MR) is 227 cm³/mol. The number of esters is 1. The van der Waals surface area contributed by atoms with Gasteiger partial charge in [-0.2, -0.15) is 0 Å². The summed E-state index contributed by atoms with van der Waals surface area (Å²) in [6, 6.07) is -1.54. The lowest BCUT2D eigenvalue weighted by Crippen LogP contribution is -2.43. The van der Waals surface area contributed by atoms with Crippen molar-refractivity contribution in [2.24, 2.45) is 0 Å². The van der Waals surface area contributed by atoms with E-state index in [0.717, 1.165) is 38.5 Å². The van der Waals surface area contributed by atoms with E-state index < -0.39 is 57.6 Å². The van der Waals surface area contributed by atoms with Crippen LogP contribution >= 0.6 is 7.82 Å². The molecule has 12 heteroatoms. The number of aliphatic hydroxyl groups is 1. The van der Waals surface area contributed by atoms with Gasteiger partial charge in [0.2, 0.25) is 5.91 Å². The fraction of sp³-hybridized carbons (Fsp3) is 0.932. The first kappa shape index (κ1) is 54.5. The van der Waals surface area contributed by atoms with Crippen LogP contribution in [0.15, 0.2) is 0 Å². The minimum Gasteiger partial charge on any atom is -0.480 e. The number of phosphoric ester groups is 1. The number of carbonyl (C=O) groups excluding carboxylic acids is 2. The zero-order chi connectivity index (χ0) is 41.4. The standard InChI is InChI=1S/C44H86NO10P/c1-3-5-7-9-11-13-15-16-17-18-19-20-21-22-23-24-25-26-28-30-32-34-36-43(48)53-37-40(46)38-54-56(51,52)55-39-41(44(49)50)45-42(47)35-33-31-29-27-14-12-10-8-6-4-2/h40-41,46H,3-39H2,1-2H3,(H,45,47)(H,49,50)(H,51,52). The molecule has 0 aliphatic rings. The summed E-state index contributed by atoms with van der Waals surface area (Å²) < 4.78 is 26.8. The van der Waals surface area contributed by atoms with Crippen LogP contribution in [0.2, 0.25) is 0 Å². The van der Waals surface area contributed by atoms with Gasteiger partial charge in [0.1, 0.15) is 12.7 Å². The third-order valence-corrected chi connectivity index (χ3v) is 11.3. The smallest absolute Gasteiger partial charge is 0.472 e. The molecule has 0 heterocycles. The van der Waals surface area contributed by atoms with E-state index in [1.807, 2.05) is 0 Å². The topological polar surface area (TPSA) is 169 Å². The molecule has 4 N–H and O–H groups in total. The third kappa shape index (κ3) is 39.3. The maximum atomic E-state index is 12.2. The fourth-order valence-electron chi connectivity index (χ4n) is 6.79. The second kappa shape index (κ2) is 40.3. The van der Waals surface area contributed by atoms with Crippen molar-refractivity contribution >= 4 is 25.7 Å². The van der Waals surface area contributed by atoms with Crippen LogP contribution in [0.4, 0.5) is 0 Å². The second-order valence-corrected chi connectivity index (χ2v) is 17.4. The zero-order valence-electron chi connectivity index (χ0n) is 36.0. The average Bonchev–Trinajstić information content (AvgIpc) is 3.17. The van der Waals surface area contributed by atoms with Crippen LogP contribution in [0.1, 0.15) is 232 Å². The molecule has 0 fully saturated rings. The molecule has 0 aromatic carbocycles. The normalized spacial score (nSPS) is 13.6. The Morgan fingerprint density at radius 1 is 0.500 bits per heavy atom. The van der Waals surface area contributed by atoms with Crippen molar-refractivity contribution in [3.8, 4) is 0 Å². The molecule has 0 rings (SSSR count). The number of hydrogen-bond acceptors (Lipinski definition) is 8. The summed E-state index contributed by atoms with van der Waals surface area (Å²) in [6.07, 6.45) is 38.6. The zero-order valence-corrected chi connectivity index (χ0v) is 36.9.